The molecule has 0 aliphatic heterocycles. The fourth-order valence-corrected chi connectivity index (χ4v) is 1.89. The van der Waals surface area contributed by atoms with Gasteiger partial charge in [-0.25, -0.2) is 9.98 Å². The fourth-order valence-electron chi connectivity index (χ4n) is 1.89. The molecule has 0 aromatic carbocycles. The molecule has 0 atom stereocenters. The lowest BCUT2D eigenvalue weighted by molar-refractivity contribution is 0.768. The summed E-state index contributed by atoms with van der Waals surface area (Å²) in [4.78, 5) is 22.2. The van der Waals surface area contributed by atoms with Gasteiger partial charge in [-0.2, -0.15) is 5.10 Å². The second kappa shape index (κ2) is 7.16. The average Bonchev–Trinajstić information content (AvgIpc) is 2.94. The standard InChI is InChI=1S/C15H18N6O/c1-4-5-17-14(16-2)9-18-13-6-15(22)19-8-12(13)11-7-20-21(3)10-11/h4-8,10H,2,9H2,1,3H3,(H2,18,19,22)/b5-4-,17-14-. The van der Waals surface area contributed by atoms with Crippen LogP contribution < -0.4 is 10.9 Å². The van der Waals surface area contributed by atoms with E-state index in [1.807, 2.05) is 20.2 Å². The molecule has 0 spiro atoms. The van der Waals surface area contributed by atoms with Crippen molar-refractivity contribution in [3.63, 3.8) is 0 Å². The van der Waals surface area contributed by atoms with E-state index in [0.29, 0.717) is 18.1 Å². The summed E-state index contributed by atoms with van der Waals surface area (Å²) >= 11 is 0. The van der Waals surface area contributed by atoms with Gasteiger partial charge in [-0.3, -0.25) is 9.48 Å². The molecule has 0 unspecified atom stereocenters. The quantitative estimate of drug-likeness (QED) is 0.652. The average molecular weight is 298 g/mol. The number of aromatic nitrogens is 3. The minimum absolute atomic E-state index is 0.186. The van der Waals surface area contributed by atoms with E-state index in [1.54, 1.807) is 29.4 Å². The van der Waals surface area contributed by atoms with Crippen LogP contribution in [0.3, 0.4) is 0 Å². The summed E-state index contributed by atoms with van der Waals surface area (Å²) in [6.07, 6.45) is 8.72. The van der Waals surface area contributed by atoms with E-state index in [1.165, 1.54) is 6.07 Å². The molecule has 2 aromatic heterocycles. The lowest BCUT2D eigenvalue weighted by Crippen LogP contribution is -2.14. The van der Waals surface area contributed by atoms with Gasteiger partial charge in [0.25, 0.3) is 0 Å². The Morgan fingerprint density at radius 1 is 1.59 bits per heavy atom. The first-order valence-corrected chi connectivity index (χ1v) is 6.74. The van der Waals surface area contributed by atoms with Crippen molar-refractivity contribution in [3.05, 3.63) is 47.3 Å². The molecule has 2 rings (SSSR count). The van der Waals surface area contributed by atoms with Crippen molar-refractivity contribution in [1.82, 2.24) is 14.8 Å². The smallest absolute Gasteiger partial charge is 0.250 e. The number of nitrogens with one attached hydrogen (secondary N) is 2. The Labute approximate surface area is 128 Å². The maximum atomic E-state index is 11.6. The number of amidine groups is 1. The van der Waals surface area contributed by atoms with Crippen molar-refractivity contribution >= 4 is 18.2 Å². The summed E-state index contributed by atoms with van der Waals surface area (Å²) in [5.41, 5.74) is 2.25. The Morgan fingerprint density at radius 3 is 3.05 bits per heavy atom. The summed E-state index contributed by atoms with van der Waals surface area (Å²) in [6, 6.07) is 1.50. The summed E-state index contributed by atoms with van der Waals surface area (Å²) in [6.45, 7) is 5.73. The van der Waals surface area contributed by atoms with Gasteiger partial charge in [0.2, 0.25) is 5.56 Å². The first-order valence-electron chi connectivity index (χ1n) is 6.74. The first-order chi connectivity index (χ1) is 10.6. The minimum atomic E-state index is -0.186. The van der Waals surface area contributed by atoms with Crippen LogP contribution in [0.15, 0.2) is 51.7 Å². The van der Waals surface area contributed by atoms with Gasteiger partial charge < -0.3 is 10.3 Å². The number of aliphatic imine (C=N–C) groups is 2. The molecular weight excluding hydrogens is 280 g/mol. The maximum absolute atomic E-state index is 11.6. The molecular formula is C15H18N6O. The molecule has 114 valence electrons. The number of anilines is 1. The van der Waals surface area contributed by atoms with Crippen LogP contribution in [-0.2, 0) is 7.05 Å². The summed E-state index contributed by atoms with van der Waals surface area (Å²) in [5, 5.41) is 7.31. The number of aryl methyl sites for hydroxylation is 1. The SMILES string of the molecule is C=N/C(CNc1cc(=O)[nH]cc1-c1cnn(C)c1)=N\C=C/C. The molecule has 0 fully saturated rings. The van der Waals surface area contributed by atoms with Gasteiger partial charge in [-0.15, -0.1) is 0 Å². The molecule has 7 heteroatoms. The highest BCUT2D eigenvalue weighted by Crippen LogP contribution is 2.25. The number of aromatic amines is 1. The second-order valence-electron chi connectivity index (χ2n) is 4.57. The van der Waals surface area contributed by atoms with Gasteiger partial charge in [0.1, 0.15) is 5.84 Å². The highest BCUT2D eigenvalue weighted by molar-refractivity contribution is 5.91. The molecule has 0 saturated heterocycles. The molecule has 22 heavy (non-hydrogen) atoms. The van der Waals surface area contributed by atoms with Crippen molar-refractivity contribution < 1.29 is 0 Å². The lowest BCUT2D eigenvalue weighted by Gasteiger charge is -2.10. The van der Waals surface area contributed by atoms with Crippen LogP contribution in [0.2, 0.25) is 0 Å². The normalized spacial score (nSPS) is 11.8. The van der Waals surface area contributed by atoms with E-state index >= 15 is 0 Å². The molecule has 2 aromatic rings. The van der Waals surface area contributed by atoms with Crippen molar-refractivity contribution in [2.45, 2.75) is 6.92 Å². The Bertz CT molecular complexity index is 768. The van der Waals surface area contributed by atoms with Gasteiger partial charge in [0, 0.05) is 48.5 Å². The zero-order valence-electron chi connectivity index (χ0n) is 12.6. The van der Waals surface area contributed by atoms with Gasteiger partial charge in [0.05, 0.1) is 12.7 Å². The van der Waals surface area contributed by atoms with Crippen molar-refractivity contribution in [3.8, 4) is 11.1 Å². The van der Waals surface area contributed by atoms with Crippen LogP contribution in [0.4, 0.5) is 5.69 Å². The third-order valence-electron chi connectivity index (χ3n) is 2.93. The summed E-state index contributed by atoms with van der Waals surface area (Å²) < 4.78 is 1.70. The Kier molecular flexibility index (Phi) is 5.02. The lowest BCUT2D eigenvalue weighted by atomic mass is 10.1. The van der Waals surface area contributed by atoms with Crippen molar-refractivity contribution in [1.29, 1.82) is 0 Å². The zero-order chi connectivity index (χ0) is 15.9. The van der Waals surface area contributed by atoms with Crippen molar-refractivity contribution in [2.75, 3.05) is 11.9 Å². The Morgan fingerprint density at radius 2 is 2.41 bits per heavy atom. The predicted molar refractivity (Wildman–Crippen MR) is 89.6 cm³/mol. The van der Waals surface area contributed by atoms with Gasteiger partial charge >= 0.3 is 0 Å². The van der Waals surface area contributed by atoms with Crippen LogP contribution in [0, 0.1) is 0 Å². The fraction of sp³-hybridized carbons (Fsp3) is 0.200. The third kappa shape index (κ3) is 3.78. The van der Waals surface area contributed by atoms with E-state index in [0.717, 1.165) is 11.1 Å². The number of hydrogen-bond donors (Lipinski definition) is 2. The number of hydrogen-bond acceptors (Lipinski definition) is 4. The molecule has 0 saturated carbocycles. The molecule has 0 bridgehead atoms. The molecule has 0 aliphatic rings. The molecule has 0 amide bonds. The maximum Gasteiger partial charge on any atom is 0.250 e. The van der Waals surface area contributed by atoms with Crippen LogP contribution in [0.1, 0.15) is 6.92 Å². The predicted octanol–water partition coefficient (Wildman–Crippen LogP) is 1.82. The number of rotatable bonds is 5. The van der Waals surface area contributed by atoms with Crippen LogP contribution in [-0.4, -0.2) is 33.9 Å². The van der Waals surface area contributed by atoms with Crippen molar-refractivity contribution in [2.24, 2.45) is 17.0 Å². The number of nitrogens with zero attached hydrogens (tertiary/aromatic N) is 4. The van der Waals surface area contributed by atoms with Gasteiger partial charge in [0.15, 0.2) is 0 Å². The molecule has 2 heterocycles. The van der Waals surface area contributed by atoms with E-state index in [9.17, 15) is 4.79 Å². The zero-order valence-corrected chi connectivity index (χ0v) is 12.6. The van der Waals surface area contributed by atoms with E-state index < -0.39 is 0 Å². The first kappa shape index (κ1) is 15.4. The van der Waals surface area contributed by atoms with Gasteiger partial charge in [-0.1, -0.05) is 6.08 Å². The molecule has 0 radical (unpaired) electrons. The molecule has 0 aliphatic carbocycles. The van der Waals surface area contributed by atoms with Crippen LogP contribution >= 0.6 is 0 Å². The highest BCUT2D eigenvalue weighted by atomic mass is 16.1. The topological polar surface area (TPSA) is 87.4 Å². The summed E-state index contributed by atoms with van der Waals surface area (Å²) in [5.74, 6) is 0.538. The van der Waals surface area contributed by atoms with E-state index in [-0.39, 0.29) is 5.56 Å². The summed E-state index contributed by atoms with van der Waals surface area (Å²) in [7, 11) is 1.84. The number of allylic oxidation sites excluding steroid dienone is 1. The second-order valence-corrected chi connectivity index (χ2v) is 4.57. The Balaban J connectivity index is 2.28. The number of H-pyrrole nitrogens is 1. The van der Waals surface area contributed by atoms with E-state index in [4.69, 9.17) is 0 Å². The molecule has 7 nitrogen and oxygen atoms in total. The largest absolute Gasteiger partial charge is 0.377 e. The third-order valence-corrected chi connectivity index (χ3v) is 2.93. The minimum Gasteiger partial charge on any atom is -0.377 e. The Hall–Kier alpha value is -2.96. The van der Waals surface area contributed by atoms with Gasteiger partial charge in [-0.05, 0) is 13.6 Å². The highest BCUT2D eigenvalue weighted by Gasteiger charge is 2.08. The van der Waals surface area contributed by atoms with E-state index in [2.05, 4.69) is 32.1 Å². The van der Waals surface area contributed by atoms with Crippen LogP contribution in [0.5, 0.6) is 0 Å². The molecule has 2 N–H and O–H groups in total. The monoisotopic (exact) mass is 298 g/mol. The number of pyridine rings is 1. The van der Waals surface area contributed by atoms with Crippen LogP contribution in [0.25, 0.3) is 11.1 Å².